The van der Waals surface area contributed by atoms with E-state index in [-0.39, 0.29) is 24.0 Å². The molecular weight excluding hydrogens is 741 g/mol. The molecule has 1 atom stereocenters. The maximum absolute atomic E-state index is 13.4. The van der Waals surface area contributed by atoms with Crippen molar-refractivity contribution >= 4 is 50.6 Å². The minimum absolute atomic E-state index is 0.0456. The van der Waals surface area contributed by atoms with Crippen LogP contribution in [-0.4, -0.2) is 78.4 Å². The molecule has 6 aromatic rings. The van der Waals surface area contributed by atoms with E-state index in [1.807, 2.05) is 33.6 Å². The van der Waals surface area contributed by atoms with Gasteiger partial charge in [0.1, 0.15) is 17.4 Å². The number of hydrogen-bond donors (Lipinski definition) is 5. The summed E-state index contributed by atoms with van der Waals surface area (Å²) in [5.74, 6) is -0.649. The van der Waals surface area contributed by atoms with Crippen LogP contribution in [0.5, 0.6) is 5.75 Å². The molecule has 4 aromatic heterocycles. The van der Waals surface area contributed by atoms with E-state index in [0.717, 1.165) is 66.4 Å². The number of aliphatic hydroxyl groups excluding tert-OH is 1. The second kappa shape index (κ2) is 15.9. The van der Waals surface area contributed by atoms with Crippen molar-refractivity contribution in [3.05, 3.63) is 108 Å². The van der Waals surface area contributed by atoms with Crippen molar-refractivity contribution in [2.24, 2.45) is 0 Å². The van der Waals surface area contributed by atoms with Gasteiger partial charge in [0.15, 0.2) is 0 Å². The van der Waals surface area contributed by atoms with Gasteiger partial charge in [-0.05, 0) is 103 Å². The van der Waals surface area contributed by atoms with Crippen LogP contribution in [-0.2, 0) is 46.2 Å². The number of carbonyl (C=O) groups excluding carboxylic acids is 1. The number of pyridine rings is 1. The lowest BCUT2D eigenvalue weighted by atomic mass is 9.91. The normalized spacial score (nSPS) is 18.0. The fourth-order valence-electron chi connectivity index (χ4n) is 8.02. The highest BCUT2D eigenvalue weighted by Crippen LogP contribution is 2.38. The third kappa shape index (κ3) is 7.45. The molecule has 0 radical (unpaired) electrons. The number of aryl methyl sites for hydroxylation is 1. The summed E-state index contributed by atoms with van der Waals surface area (Å²) < 4.78 is 13.9. The zero-order valence-corrected chi connectivity index (χ0v) is 32.1. The van der Waals surface area contributed by atoms with Gasteiger partial charge in [-0.3, -0.25) is 4.79 Å². The highest BCUT2D eigenvalue weighted by Gasteiger charge is 2.45. The third-order valence-corrected chi connectivity index (χ3v) is 13.0. The number of H-pyrrole nitrogens is 1. The van der Waals surface area contributed by atoms with E-state index in [4.69, 9.17) is 9.47 Å². The number of thiophene rings is 2. The molecule has 0 amide bonds. The van der Waals surface area contributed by atoms with Crippen molar-refractivity contribution in [2.75, 3.05) is 20.1 Å². The summed E-state index contributed by atoms with van der Waals surface area (Å²) in [7, 11) is 2.15. The van der Waals surface area contributed by atoms with Crippen molar-refractivity contribution < 1.29 is 29.6 Å². The molecule has 8 rings (SSSR count). The number of nitrogens with one attached hydrogen (secondary N) is 2. The molecule has 1 saturated carbocycles. The molecule has 55 heavy (non-hydrogen) atoms. The summed E-state index contributed by atoms with van der Waals surface area (Å²) in [6, 6.07) is 15.8. The van der Waals surface area contributed by atoms with Crippen LogP contribution in [0.15, 0.2) is 70.2 Å². The molecule has 1 aliphatic carbocycles. The van der Waals surface area contributed by atoms with Crippen LogP contribution >= 0.6 is 22.7 Å². The highest BCUT2D eigenvalue weighted by atomic mass is 32.1. The number of rotatable bonds is 14. The van der Waals surface area contributed by atoms with Gasteiger partial charge >= 0.3 is 5.97 Å². The molecule has 0 spiro atoms. The Bertz CT molecular complexity index is 2300. The Hall–Kier alpha value is -4.48. The van der Waals surface area contributed by atoms with Crippen LogP contribution in [0.1, 0.15) is 70.2 Å². The number of carbonyl (C=O) groups is 1. The minimum Gasteiger partial charge on any atom is -0.506 e. The van der Waals surface area contributed by atoms with Crippen LogP contribution in [0.3, 0.4) is 0 Å². The van der Waals surface area contributed by atoms with Gasteiger partial charge in [0.05, 0.1) is 40.1 Å². The topological polar surface area (TPSA) is 175 Å². The average molecular weight is 785 g/mol. The van der Waals surface area contributed by atoms with E-state index in [0.29, 0.717) is 58.6 Å². The van der Waals surface area contributed by atoms with E-state index >= 15 is 0 Å². The van der Waals surface area contributed by atoms with Gasteiger partial charge in [-0.2, -0.15) is 0 Å². The third-order valence-electron chi connectivity index (χ3n) is 11.0. The summed E-state index contributed by atoms with van der Waals surface area (Å²) in [6.45, 7) is 3.32. The fraction of sp³-hybridized carbons (Fsp3) is 0.400. The number of benzene rings is 2. The molecule has 5 N–H and O–H groups in total. The SMILES string of the molecule is CN(CCCn1nnc2cc(CNC[C@H](O)c3ccc(O)c4[nH]c(=O)ccc34)c3c(c21)COC3)C1CCC(OC(=O)C(O)(c2cccs2)c2cccs2)CC1. The average Bonchev–Trinajstić information content (AvgIpc) is 4.03. The predicted octanol–water partition coefficient (Wildman–Crippen LogP) is 5.07. The molecule has 0 bridgehead atoms. The number of phenols is 1. The van der Waals surface area contributed by atoms with Gasteiger partial charge in [0.25, 0.3) is 0 Å². The van der Waals surface area contributed by atoms with Crippen molar-refractivity contribution in [3.8, 4) is 5.75 Å². The first-order valence-corrected chi connectivity index (χ1v) is 20.4. The Morgan fingerprint density at radius 3 is 2.56 bits per heavy atom. The molecule has 1 fully saturated rings. The first kappa shape index (κ1) is 37.4. The lowest BCUT2D eigenvalue weighted by molar-refractivity contribution is -0.169. The van der Waals surface area contributed by atoms with Crippen molar-refractivity contribution in [3.63, 3.8) is 0 Å². The Kier molecular flexibility index (Phi) is 10.9. The van der Waals surface area contributed by atoms with Crippen molar-refractivity contribution in [1.82, 2.24) is 30.2 Å². The molecule has 2 aliphatic rings. The second-order valence-electron chi connectivity index (χ2n) is 14.4. The van der Waals surface area contributed by atoms with E-state index < -0.39 is 17.7 Å². The van der Waals surface area contributed by atoms with E-state index in [2.05, 4.69) is 32.6 Å². The van der Waals surface area contributed by atoms with E-state index in [9.17, 15) is 24.9 Å². The monoisotopic (exact) mass is 784 g/mol. The summed E-state index contributed by atoms with van der Waals surface area (Å²) in [5, 5.41) is 49.6. The number of nitrogens with zero attached hydrogens (tertiary/aromatic N) is 4. The number of hydrogen-bond acceptors (Lipinski definition) is 13. The summed E-state index contributed by atoms with van der Waals surface area (Å²) in [4.78, 5) is 31.4. The van der Waals surface area contributed by atoms with Gasteiger partial charge in [-0.1, -0.05) is 23.4 Å². The van der Waals surface area contributed by atoms with Gasteiger partial charge in [-0.15, -0.1) is 27.8 Å². The standard InChI is InChI=1S/C40H44N6O7S2/c1-45(25-7-9-26(10-8-25)53-39(50)40(51,34-5-2-17-54-34)35-6-3-18-55-35)15-4-16-46-38-30-23-52-22-29(30)24(19-31(38)43-44-46)20-41-21-33(48)27-11-13-32(47)37-28(27)12-14-36(49)42-37/h2-3,5-6,11-14,17-19,25-26,33,41,47-48,51H,4,7-10,15-16,20-23H2,1H3,(H,42,49)/t25?,26?,33-/m0/s1. The number of aliphatic hydroxyl groups is 2. The largest absolute Gasteiger partial charge is 0.506 e. The Balaban J connectivity index is 0.842. The Morgan fingerprint density at radius 1 is 1.09 bits per heavy atom. The first-order chi connectivity index (χ1) is 26.7. The maximum Gasteiger partial charge on any atom is 0.349 e. The molecule has 5 heterocycles. The predicted molar refractivity (Wildman–Crippen MR) is 210 cm³/mol. The Labute approximate surface area is 325 Å². The molecule has 13 nitrogen and oxygen atoms in total. The van der Waals surface area contributed by atoms with Gasteiger partial charge in [-0.25, -0.2) is 9.48 Å². The van der Waals surface area contributed by atoms with Gasteiger partial charge in [0.2, 0.25) is 11.2 Å². The maximum atomic E-state index is 13.4. The van der Waals surface area contributed by atoms with Crippen molar-refractivity contribution in [2.45, 2.75) is 82.3 Å². The molecule has 1 aliphatic heterocycles. The summed E-state index contributed by atoms with van der Waals surface area (Å²) in [6.07, 6.45) is 3.09. The number of aromatic amines is 1. The second-order valence-corrected chi connectivity index (χ2v) is 16.3. The number of aromatic hydroxyl groups is 1. The molecular formula is C40H44N6O7S2. The summed E-state index contributed by atoms with van der Waals surface area (Å²) in [5.41, 5.74) is 3.86. The van der Waals surface area contributed by atoms with Crippen LogP contribution in [0.4, 0.5) is 0 Å². The van der Waals surface area contributed by atoms with Gasteiger partial charge < -0.3 is 40.0 Å². The lowest BCUT2D eigenvalue weighted by Crippen LogP contribution is -2.42. The lowest BCUT2D eigenvalue weighted by Gasteiger charge is -2.35. The Morgan fingerprint density at radius 2 is 1.84 bits per heavy atom. The quantitative estimate of drug-likeness (QED) is 0.0934. The molecule has 0 saturated heterocycles. The number of aromatic nitrogens is 4. The molecule has 15 heteroatoms. The smallest absolute Gasteiger partial charge is 0.349 e. The number of phenolic OH excluding ortho intramolecular Hbond substituents is 1. The van der Waals surface area contributed by atoms with Crippen LogP contribution in [0.25, 0.3) is 21.9 Å². The zero-order valence-electron chi connectivity index (χ0n) is 30.4. The number of ether oxygens (including phenoxy) is 2. The first-order valence-electron chi connectivity index (χ1n) is 18.6. The highest BCUT2D eigenvalue weighted by molar-refractivity contribution is 7.12. The van der Waals surface area contributed by atoms with Crippen LogP contribution in [0, 0.1) is 0 Å². The fourth-order valence-corrected chi connectivity index (χ4v) is 9.73. The minimum atomic E-state index is -1.79. The van der Waals surface area contributed by atoms with E-state index in [1.54, 1.807) is 24.3 Å². The molecule has 0 unspecified atom stereocenters. The number of fused-ring (bicyclic) bond motifs is 4. The van der Waals surface area contributed by atoms with Gasteiger partial charge in [0, 0.05) is 42.7 Å². The van der Waals surface area contributed by atoms with Crippen LogP contribution in [0.2, 0.25) is 0 Å². The van der Waals surface area contributed by atoms with Crippen LogP contribution < -0.4 is 10.9 Å². The summed E-state index contributed by atoms with van der Waals surface area (Å²) >= 11 is 2.70. The number of esters is 1. The van der Waals surface area contributed by atoms with E-state index in [1.165, 1.54) is 34.8 Å². The zero-order chi connectivity index (χ0) is 38.1. The molecule has 2 aromatic carbocycles. The van der Waals surface area contributed by atoms with Crippen molar-refractivity contribution in [1.29, 1.82) is 0 Å². The molecule has 288 valence electrons.